The number of amides is 1. The van der Waals surface area contributed by atoms with Crippen molar-refractivity contribution in [3.8, 4) is 16.4 Å². The van der Waals surface area contributed by atoms with E-state index in [1.807, 2.05) is 66.2 Å². The van der Waals surface area contributed by atoms with E-state index in [2.05, 4.69) is 37.2 Å². The van der Waals surface area contributed by atoms with Crippen molar-refractivity contribution in [1.82, 2.24) is 30.0 Å². The molecule has 4 heterocycles. The molecule has 0 atom stereocenters. The highest BCUT2D eigenvalue weighted by atomic mass is 32.1. The molecule has 0 bridgehead atoms. The monoisotopic (exact) mass is 459 g/mol. The fourth-order valence-electron chi connectivity index (χ4n) is 3.73. The number of hydrogen-bond acceptors (Lipinski definition) is 7. The van der Waals surface area contributed by atoms with Gasteiger partial charge in [-0.3, -0.25) is 4.79 Å². The average Bonchev–Trinajstić information content (AvgIpc) is 3.54. The van der Waals surface area contributed by atoms with Gasteiger partial charge in [0, 0.05) is 38.9 Å². The summed E-state index contributed by atoms with van der Waals surface area (Å²) in [6, 6.07) is 17.7. The summed E-state index contributed by atoms with van der Waals surface area (Å²) in [5.41, 5.74) is 1.79. The Hall–Kier alpha value is -3.56. The van der Waals surface area contributed by atoms with Crippen LogP contribution >= 0.6 is 11.3 Å². The number of hydrogen-bond donors (Lipinski definition) is 1. The van der Waals surface area contributed by atoms with Gasteiger partial charge in [0.05, 0.1) is 10.6 Å². The molecule has 4 aromatic rings. The Bertz CT molecular complexity index is 1200. The zero-order valence-corrected chi connectivity index (χ0v) is 19.2. The molecule has 0 aliphatic carbocycles. The van der Waals surface area contributed by atoms with Crippen LogP contribution in [-0.2, 0) is 6.54 Å². The Kier molecular flexibility index (Phi) is 6.14. The molecule has 1 fully saturated rings. The molecule has 0 saturated carbocycles. The maximum Gasteiger partial charge on any atom is 0.291 e. The zero-order chi connectivity index (χ0) is 22.6. The van der Waals surface area contributed by atoms with E-state index in [1.54, 1.807) is 16.0 Å². The molecule has 0 unspecified atom stereocenters. The number of carbonyl (C=O) groups is 1. The normalized spacial score (nSPS) is 14.4. The number of pyridine rings is 1. The van der Waals surface area contributed by atoms with E-state index in [-0.39, 0.29) is 11.7 Å². The predicted octanol–water partition coefficient (Wildman–Crippen LogP) is 3.07. The molecule has 1 N–H and O–H groups in total. The molecular formula is C24H25N7OS. The smallest absolute Gasteiger partial charge is 0.291 e. The molecule has 33 heavy (non-hydrogen) atoms. The molecule has 1 aliphatic heterocycles. The largest absolute Gasteiger partial charge is 0.354 e. The van der Waals surface area contributed by atoms with Crippen molar-refractivity contribution in [1.29, 1.82) is 0 Å². The Morgan fingerprint density at radius 3 is 2.55 bits per heavy atom. The van der Waals surface area contributed by atoms with Crippen LogP contribution in [0, 0.1) is 0 Å². The second kappa shape index (κ2) is 9.51. The Balaban J connectivity index is 1.28. The van der Waals surface area contributed by atoms with Crippen LogP contribution in [-0.4, -0.2) is 63.8 Å². The minimum atomic E-state index is -0.314. The first-order valence-corrected chi connectivity index (χ1v) is 11.8. The van der Waals surface area contributed by atoms with Crippen molar-refractivity contribution in [3.63, 3.8) is 0 Å². The highest BCUT2D eigenvalue weighted by molar-refractivity contribution is 7.13. The fourth-order valence-corrected chi connectivity index (χ4v) is 4.43. The standard InChI is InChI=1S/C24H25N7OS/c1-29-11-13-30(14-12-29)21-10-9-18(16-25-21)17-26-24(32)22-27-23(20-8-5-15-33-20)31(28-22)19-6-3-2-4-7-19/h2-10,15-16H,11-14,17H2,1H3,(H,26,32). The predicted molar refractivity (Wildman–Crippen MR) is 130 cm³/mol. The van der Waals surface area contributed by atoms with Gasteiger partial charge in [0.15, 0.2) is 5.82 Å². The van der Waals surface area contributed by atoms with E-state index in [4.69, 9.17) is 0 Å². The number of piperazine rings is 1. The Morgan fingerprint density at radius 2 is 1.85 bits per heavy atom. The van der Waals surface area contributed by atoms with E-state index in [0.717, 1.165) is 48.1 Å². The first-order chi connectivity index (χ1) is 16.2. The third-order valence-corrected chi connectivity index (χ3v) is 6.51. The van der Waals surface area contributed by atoms with Gasteiger partial charge < -0.3 is 15.1 Å². The fraction of sp³-hybridized carbons (Fsp3) is 0.250. The summed E-state index contributed by atoms with van der Waals surface area (Å²) in [4.78, 5) is 27.5. The summed E-state index contributed by atoms with van der Waals surface area (Å²) >= 11 is 1.56. The van der Waals surface area contributed by atoms with Crippen molar-refractivity contribution in [2.24, 2.45) is 0 Å². The molecular weight excluding hydrogens is 434 g/mol. The van der Waals surface area contributed by atoms with E-state index in [9.17, 15) is 4.79 Å². The number of nitrogens with one attached hydrogen (secondary N) is 1. The van der Waals surface area contributed by atoms with Gasteiger partial charge in [-0.25, -0.2) is 14.6 Å². The molecule has 9 heteroatoms. The van der Waals surface area contributed by atoms with Crippen LogP contribution in [0.4, 0.5) is 5.82 Å². The lowest BCUT2D eigenvalue weighted by atomic mass is 10.2. The molecule has 1 aromatic carbocycles. The summed E-state index contributed by atoms with van der Waals surface area (Å²) in [5, 5.41) is 9.41. The van der Waals surface area contributed by atoms with Gasteiger partial charge in [-0.1, -0.05) is 30.3 Å². The van der Waals surface area contributed by atoms with Gasteiger partial charge in [0.25, 0.3) is 5.91 Å². The van der Waals surface area contributed by atoms with Gasteiger partial charge in [-0.05, 0) is 42.3 Å². The van der Waals surface area contributed by atoms with Crippen LogP contribution < -0.4 is 10.2 Å². The summed E-state index contributed by atoms with van der Waals surface area (Å²) in [7, 11) is 2.14. The van der Waals surface area contributed by atoms with E-state index < -0.39 is 0 Å². The van der Waals surface area contributed by atoms with Crippen molar-refractivity contribution in [2.75, 3.05) is 38.1 Å². The zero-order valence-electron chi connectivity index (χ0n) is 18.4. The number of aromatic nitrogens is 4. The highest BCUT2D eigenvalue weighted by Crippen LogP contribution is 2.25. The minimum absolute atomic E-state index is 0.143. The number of likely N-dealkylation sites (N-methyl/N-ethyl adjacent to an activating group) is 1. The first-order valence-electron chi connectivity index (χ1n) is 10.9. The average molecular weight is 460 g/mol. The summed E-state index contributed by atoms with van der Waals surface area (Å²) in [6.45, 7) is 4.39. The first kappa shape index (κ1) is 21.3. The SMILES string of the molecule is CN1CCN(c2ccc(CNC(=O)c3nc(-c4cccs4)n(-c4ccccc4)n3)cn2)CC1. The van der Waals surface area contributed by atoms with Crippen LogP contribution in [0.15, 0.2) is 66.2 Å². The van der Waals surface area contributed by atoms with Crippen LogP contribution in [0.2, 0.25) is 0 Å². The molecule has 0 radical (unpaired) electrons. The molecule has 1 amide bonds. The van der Waals surface area contributed by atoms with Crippen molar-refractivity contribution >= 4 is 23.1 Å². The van der Waals surface area contributed by atoms with E-state index in [1.165, 1.54) is 0 Å². The lowest BCUT2D eigenvalue weighted by Crippen LogP contribution is -2.44. The van der Waals surface area contributed by atoms with Gasteiger partial charge in [-0.15, -0.1) is 16.4 Å². The number of rotatable bonds is 6. The number of benzene rings is 1. The van der Waals surface area contributed by atoms with Crippen molar-refractivity contribution < 1.29 is 4.79 Å². The van der Waals surface area contributed by atoms with Crippen molar-refractivity contribution in [3.05, 3.63) is 77.6 Å². The lowest BCUT2D eigenvalue weighted by molar-refractivity contribution is 0.0940. The van der Waals surface area contributed by atoms with Crippen molar-refractivity contribution in [2.45, 2.75) is 6.54 Å². The molecule has 1 aliphatic rings. The molecule has 1 saturated heterocycles. The van der Waals surface area contributed by atoms with Gasteiger partial charge in [0.1, 0.15) is 5.82 Å². The Morgan fingerprint density at radius 1 is 1.03 bits per heavy atom. The topological polar surface area (TPSA) is 79.2 Å². The number of nitrogens with zero attached hydrogens (tertiary/aromatic N) is 6. The molecule has 3 aromatic heterocycles. The van der Waals surface area contributed by atoms with Crippen LogP contribution in [0.5, 0.6) is 0 Å². The van der Waals surface area contributed by atoms with E-state index in [0.29, 0.717) is 12.4 Å². The van der Waals surface area contributed by atoms with Gasteiger partial charge in [-0.2, -0.15) is 0 Å². The molecule has 5 rings (SSSR count). The summed E-state index contributed by atoms with van der Waals surface area (Å²) in [6.07, 6.45) is 1.82. The van der Waals surface area contributed by atoms with Crippen LogP contribution in [0.3, 0.4) is 0 Å². The number of anilines is 1. The highest BCUT2D eigenvalue weighted by Gasteiger charge is 2.19. The van der Waals surface area contributed by atoms with Crippen LogP contribution in [0.1, 0.15) is 16.2 Å². The third kappa shape index (κ3) is 4.79. The number of thiophene rings is 1. The van der Waals surface area contributed by atoms with Gasteiger partial charge >= 0.3 is 0 Å². The maximum atomic E-state index is 12.9. The Labute approximate surface area is 196 Å². The second-order valence-electron chi connectivity index (χ2n) is 7.98. The number of para-hydroxylation sites is 1. The number of carbonyl (C=O) groups excluding carboxylic acids is 1. The summed E-state index contributed by atoms with van der Waals surface area (Å²) in [5.74, 6) is 1.46. The molecule has 168 valence electrons. The second-order valence-corrected chi connectivity index (χ2v) is 8.93. The molecule has 8 nitrogen and oxygen atoms in total. The van der Waals surface area contributed by atoms with Gasteiger partial charge in [0.2, 0.25) is 5.82 Å². The molecule has 0 spiro atoms. The summed E-state index contributed by atoms with van der Waals surface area (Å²) < 4.78 is 1.72. The van der Waals surface area contributed by atoms with Crippen LogP contribution in [0.25, 0.3) is 16.4 Å². The lowest BCUT2D eigenvalue weighted by Gasteiger charge is -2.33. The third-order valence-electron chi connectivity index (χ3n) is 5.64. The maximum absolute atomic E-state index is 12.9. The van der Waals surface area contributed by atoms with E-state index >= 15 is 0 Å². The quantitative estimate of drug-likeness (QED) is 0.477. The minimum Gasteiger partial charge on any atom is -0.354 e.